The van der Waals surface area contributed by atoms with E-state index in [1.807, 2.05) is 31.2 Å². The summed E-state index contributed by atoms with van der Waals surface area (Å²) < 4.78 is 24.6. The fourth-order valence-corrected chi connectivity index (χ4v) is 4.36. The highest BCUT2D eigenvalue weighted by Gasteiger charge is 2.29. The minimum absolute atomic E-state index is 0.00795. The van der Waals surface area contributed by atoms with Crippen molar-refractivity contribution >= 4 is 26.7 Å². The molecule has 1 aliphatic heterocycles. The number of benzene rings is 2. The molecule has 1 aliphatic rings. The molecule has 3 rings (SSSR count). The first-order chi connectivity index (χ1) is 11.9. The van der Waals surface area contributed by atoms with Crippen molar-refractivity contribution in [2.45, 2.75) is 25.8 Å². The van der Waals surface area contributed by atoms with Gasteiger partial charge < -0.3 is 5.32 Å². The zero-order chi connectivity index (χ0) is 18.0. The molecule has 1 atom stereocenters. The van der Waals surface area contributed by atoms with Crippen LogP contribution in [0.1, 0.15) is 31.4 Å². The summed E-state index contributed by atoms with van der Waals surface area (Å²) in [5, 5.41) is 5.40. The van der Waals surface area contributed by atoms with Gasteiger partial charge in [0.05, 0.1) is 12.3 Å². The maximum Gasteiger partial charge on any atom is 0.223 e. The van der Waals surface area contributed by atoms with Crippen molar-refractivity contribution in [1.29, 1.82) is 0 Å². The van der Waals surface area contributed by atoms with Crippen molar-refractivity contribution in [3.63, 3.8) is 0 Å². The van der Waals surface area contributed by atoms with Crippen LogP contribution in [-0.4, -0.2) is 38.0 Å². The third-order valence-corrected chi connectivity index (χ3v) is 6.25. The molecule has 0 bridgehead atoms. The molecule has 1 fully saturated rings. The quantitative estimate of drug-likeness (QED) is 0.912. The number of nitrogens with zero attached hydrogens (tertiary/aromatic N) is 1. The van der Waals surface area contributed by atoms with E-state index >= 15 is 0 Å². The number of rotatable bonds is 4. The topological polar surface area (TPSA) is 66.5 Å². The molecule has 25 heavy (non-hydrogen) atoms. The van der Waals surface area contributed by atoms with Gasteiger partial charge in [-0.1, -0.05) is 42.5 Å². The van der Waals surface area contributed by atoms with E-state index in [1.54, 1.807) is 0 Å². The number of carbonyl (C=O) groups excluding carboxylic acids is 1. The van der Waals surface area contributed by atoms with Gasteiger partial charge in [0, 0.05) is 19.0 Å². The van der Waals surface area contributed by atoms with Crippen molar-refractivity contribution in [3.8, 4) is 0 Å². The predicted molar refractivity (Wildman–Crippen MR) is 99.6 cm³/mol. The number of sulfonamides is 1. The zero-order valence-corrected chi connectivity index (χ0v) is 15.4. The molecule has 0 aromatic heterocycles. The molecular weight excluding hydrogens is 336 g/mol. The lowest BCUT2D eigenvalue weighted by molar-refractivity contribution is -0.126. The van der Waals surface area contributed by atoms with E-state index < -0.39 is 10.0 Å². The van der Waals surface area contributed by atoms with E-state index in [2.05, 4.69) is 23.5 Å². The number of hydrogen-bond acceptors (Lipinski definition) is 3. The predicted octanol–water partition coefficient (Wildman–Crippen LogP) is 2.69. The van der Waals surface area contributed by atoms with Crippen LogP contribution in [0.5, 0.6) is 0 Å². The molecule has 1 unspecified atom stereocenters. The van der Waals surface area contributed by atoms with Gasteiger partial charge in [-0.2, -0.15) is 0 Å². The SMILES string of the molecule is CC(NC(=O)C1CCN(S(C)(=O)=O)CC1)c1cccc2ccccc12. The van der Waals surface area contributed by atoms with Crippen LogP contribution in [0.15, 0.2) is 42.5 Å². The maximum atomic E-state index is 12.6. The minimum atomic E-state index is -3.16. The maximum absolute atomic E-state index is 12.6. The first-order valence-electron chi connectivity index (χ1n) is 8.59. The highest BCUT2D eigenvalue weighted by Crippen LogP contribution is 2.25. The molecule has 0 aliphatic carbocycles. The fraction of sp³-hybridized carbons (Fsp3) is 0.421. The Bertz CT molecular complexity index is 866. The average molecular weight is 360 g/mol. The van der Waals surface area contributed by atoms with Crippen LogP contribution in [0.3, 0.4) is 0 Å². The van der Waals surface area contributed by atoms with E-state index in [1.165, 1.54) is 10.6 Å². The zero-order valence-electron chi connectivity index (χ0n) is 14.6. The van der Waals surface area contributed by atoms with Crippen molar-refractivity contribution < 1.29 is 13.2 Å². The highest BCUT2D eigenvalue weighted by atomic mass is 32.2. The largest absolute Gasteiger partial charge is 0.349 e. The molecule has 0 radical (unpaired) electrons. The Morgan fingerprint density at radius 2 is 1.76 bits per heavy atom. The van der Waals surface area contributed by atoms with Gasteiger partial charge in [0.15, 0.2) is 0 Å². The van der Waals surface area contributed by atoms with Crippen LogP contribution < -0.4 is 5.32 Å². The van der Waals surface area contributed by atoms with Crippen molar-refractivity contribution in [3.05, 3.63) is 48.0 Å². The van der Waals surface area contributed by atoms with E-state index in [0.29, 0.717) is 25.9 Å². The van der Waals surface area contributed by atoms with Crippen LogP contribution in [0.25, 0.3) is 10.8 Å². The number of fused-ring (bicyclic) bond motifs is 1. The molecule has 6 heteroatoms. The Kier molecular flexibility index (Phi) is 5.11. The smallest absolute Gasteiger partial charge is 0.223 e. The molecule has 0 saturated carbocycles. The number of hydrogen-bond donors (Lipinski definition) is 1. The molecular formula is C19H24N2O3S. The Morgan fingerprint density at radius 1 is 1.12 bits per heavy atom. The summed E-state index contributed by atoms with van der Waals surface area (Å²) in [4.78, 5) is 12.6. The standard InChI is InChI=1S/C19H24N2O3S/c1-14(17-9-5-7-15-6-3-4-8-18(15)17)20-19(22)16-10-12-21(13-11-16)25(2,23)24/h3-9,14,16H,10-13H2,1-2H3,(H,20,22). The number of carbonyl (C=O) groups is 1. The van der Waals surface area contributed by atoms with Crippen molar-refractivity contribution in [2.24, 2.45) is 5.92 Å². The molecule has 134 valence electrons. The van der Waals surface area contributed by atoms with Gasteiger partial charge in [0.1, 0.15) is 0 Å². The molecule has 2 aromatic rings. The summed E-state index contributed by atoms with van der Waals surface area (Å²) in [5.74, 6) is -0.121. The lowest BCUT2D eigenvalue weighted by Gasteiger charge is -2.30. The summed E-state index contributed by atoms with van der Waals surface area (Å²) in [6.07, 6.45) is 2.36. The summed E-state index contributed by atoms with van der Waals surface area (Å²) in [6.45, 7) is 2.82. The number of nitrogens with one attached hydrogen (secondary N) is 1. The van der Waals surface area contributed by atoms with Crippen LogP contribution in [0.4, 0.5) is 0 Å². The summed E-state index contributed by atoms with van der Waals surface area (Å²) in [6, 6.07) is 14.2. The number of piperidine rings is 1. The molecule has 5 nitrogen and oxygen atoms in total. The Morgan fingerprint density at radius 3 is 2.44 bits per heavy atom. The number of amides is 1. The molecule has 0 spiro atoms. The third-order valence-electron chi connectivity index (χ3n) is 4.94. The van der Waals surface area contributed by atoms with E-state index in [9.17, 15) is 13.2 Å². The van der Waals surface area contributed by atoms with Gasteiger partial charge >= 0.3 is 0 Å². The van der Waals surface area contributed by atoms with Gasteiger partial charge in [0.2, 0.25) is 15.9 Å². The average Bonchev–Trinajstić information content (AvgIpc) is 2.60. The molecule has 1 saturated heterocycles. The summed E-state index contributed by atoms with van der Waals surface area (Å²) >= 11 is 0. The molecule has 1 N–H and O–H groups in total. The van der Waals surface area contributed by atoms with E-state index in [0.717, 1.165) is 16.3 Å². The minimum Gasteiger partial charge on any atom is -0.349 e. The normalized spacial score (nSPS) is 18.2. The fourth-order valence-electron chi connectivity index (χ4n) is 3.49. The van der Waals surface area contributed by atoms with Crippen LogP contribution in [0, 0.1) is 5.92 Å². The summed E-state index contributed by atoms with van der Waals surface area (Å²) in [5.41, 5.74) is 1.10. The van der Waals surface area contributed by atoms with E-state index in [-0.39, 0.29) is 17.9 Å². The highest BCUT2D eigenvalue weighted by molar-refractivity contribution is 7.88. The van der Waals surface area contributed by atoms with Crippen molar-refractivity contribution in [1.82, 2.24) is 9.62 Å². The lowest BCUT2D eigenvalue weighted by Crippen LogP contribution is -2.43. The van der Waals surface area contributed by atoms with Crippen LogP contribution >= 0.6 is 0 Å². The van der Waals surface area contributed by atoms with Gasteiger partial charge in [-0.05, 0) is 36.1 Å². The van der Waals surface area contributed by atoms with Gasteiger partial charge in [-0.3, -0.25) is 4.79 Å². The molecule has 1 amide bonds. The summed E-state index contributed by atoms with van der Waals surface area (Å²) in [7, 11) is -3.16. The Labute approximate surface area is 149 Å². The monoisotopic (exact) mass is 360 g/mol. The van der Waals surface area contributed by atoms with Gasteiger partial charge in [-0.15, -0.1) is 0 Å². The second-order valence-corrected chi connectivity index (χ2v) is 8.72. The van der Waals surface area contributed by atoms with Crippen LogP contribution in [0.2, 0.25) is 0 Å². The van der Waals surface area contributed by atoms with Crippen LogP contribution in [-0.2, 0) is 14.8 Å². The van der Waals surface area contributed by atoms with Crippen molar-refractivity contribution in [2.75, 3.05) is 19.3 Å². The molecule has 2 aromatic carbocycles. The first-order valence-corrected chi connectivity index (χ1v) is 10.4. The van der Waals surface area contributed by atoms with E-state index in [4.69, 9.17) is 0 Å². The second kappa shape index (κ2) is 7.14. The van der Waals surface area contributed by atoms with Gasteiger partial charge in [0.25, 0.3) is 0 Å². The Balaban J connectivity index is 1.67. The lowest BCUT2D eigenvalue weighted by atomic mass is 9.95. The second-order valence-electron chi connectivity index (χ2n) is 6.73. The third kappa shape index (κ3) is 4.02. The molecule has 1 heterocycles. The first kappa shape index (κ1) is 17.9. The Hall–Kier alpha value is -1.92. The van der Waals surface area contributed by atoms with Gasteiger partial charge in [-0.25, -0.2) is 12.7 Å².